The van der Waals surface area contributed by atoms with Gasteiger partial charge in [-0.1, -0.05) is 159 Å². The predicted octanol–water partition coefficient (Wildman–Crippen LogP) is 11.1. The summed E-state index contributed by atoms with van der Waals surface area (Å²) in [5.41, 5.74) is 0. The highest BCUT2D eigenvalue weighted by Crippen LogP contribution is 2.12. The molecule has 0 spiro atoms. The monoisotopic (exact) mass is 604 g/mol. The van der Waals surface area contributed by atoms with E-state index >= 15 is 0 Å². The summed E-state index contributed by atoms with van der Waals surface area (Å²) in [5.74, 6) is -0.0841. The van der Waals surface area contributed by atoms with E-state index in [-0.39, 0.29) is 12.5 Å². The Kier molecular flexibility index (Phi) is 34.0. The molecule has 2 atom stereocenters. The summed E-state index contributed by atoms with van der Waals surface area (Å²) in [7, 11) is 0. The summed E-state index contributed by atoms with van der Waals surface area (Å²) >= 11 is 0. The van der Waals surface area contributed by atoms with Crippen molar-refractivity contribution in [2.75, 3.05) is 6.61 Å². The zero-order chi connectivity index (χ0) is 31.5. The third-order valence-electron chi connectivity index (χ3n) is 8.35. The summed E-state index contributed by atoms with van der Waals surface area (Å²) in [5, 5.41) is 22.9. The lowest BCUT2D eigenvalue weighted by atomic mass is 10.1. The molecule has 0 aliphatic heterocycles. The van der Waals surface area contributed by atoms with E-state index in [4.69, 9.17) is 0 Å². The van der Waals surface area contributed by atoms with Crippen LogP contribution in [0.2, 0.25) is 0 Å². The van der Waals surface area contributed by atoms with Crippen LogP contribution < -0.4 is 5.32 Å². The quantitative estimate of drug-likeness (QED) is 0.0516. The molecule has 0 rings (SSSR count). The van der Waals surface area contributed by atoms with Crippen molar-refractivity contribution in [3.05, 3.63) is 36.5 Å². The Morgan fingerprint density at radius 1 is 0.535 bits per heavy atom. The van der Waals surface area contributed by atoms with Gasteiger partial charge in [-0.2, -0.15) is 0 Å². The normalized spacial score (nSPS) is 13.5. The maximum Gasteiger partial charge on any atom is 0.220 e. The number of rotatable bonds is 33. The lowest BCUT2D eigenvalue weighted by molar-refractivity contribution is -0.123. The first-order valence-corrected chi connectivity index (χ1v) is 18.7. The van der Waals surface area contributed by atoms with E-state index in [0.29, 0.717) is 6.42 Å². The number of amides is 1. The van der Waals surface area contributed by atoms with E-state index in [1.165, 1.54) is 122 Å². The predicted molar refractivity (Wildman–Crippen MR) is 188 cm³/mol. The maximum absolute atomic E-state index is 12.3. The molecular formula is C39H73NO3. The van der Waals surface area contributed by atoms with Gasteiger partial charge in [0.05, 0.1) is 18.8 Å². The summed E-state index contributed by atoms with van der Waals surface area (Å²) in [6.45, 7) is 4.27. The number of aliphatic hydroxyl groups excluding tert-OH is 2. The van der Waals surface area contributed by atoms with Crippen molar-refractivity contribution in [3.63, 3.8) is 0 Å². The Labute approximate surface area is 268 Å². The third kappa shape index (κ3) is 31.8. The zero-order valence-corrected chi connectivity index (χ0v) is 28.7. The van der Waals surface area contributed by atoms with Crippen LogP contribution in [0.4, 0.5) is 0 Å². The second-order valence-electron chi connectivity index (χ2n) is 12.6. The fourth-order valence-corrected chi connectivity index (χ4v) is 5.42. The molecule has 1 amide bonds. The van der Waals surface area contributed by atoms with Gasteiger partial charge in [-0.15, -0.1) is 0 Å². The smallest absolute Gasteiger partial charge is 0.220 e. The van der Waals surface area contributed by atoms with Crippen molar-refractivity contribution < 1.29 is 15.0 Å². The molecule has 0 aromatic heterocycles. The molecule has 0 aromatic carbocycles. The Morgan fingerprint density at radius 3 is 1.35 bits per heavy atom. The van der Waals surface area contributed by atoms with Gasteiger partial charge in [-0.05, 0) is 57.8 Å². The highest BCUT2D eigenvalue weighted by atomic mass is 16.3. The molecule has 0 radical (unpaired) electrons. The average molecular weight is 604 g/mol. The van der Waals surface area contributed by atoms with E-state index in [0.717, 1.165) is 44.9 Å². The highest BCUT2D eigenvalue weighted by molar-refractivity contribution is 5.76. The minimum absolute atomic E-state index is 0.0841. The number of unbranched alkanes of at least 4 members (excludes halogenated alkanes) is 22. The molecule has 0 saturated carbocycles. The molecule has 0 bridgehead atoms. The van der Waals surface area contributed by atoms with Gasteiger partial charge in [0, 0.05) is 6.42 Å². The largest absolute Gasteiger partial charge is 0.394 e. The van der Waals surface area contributed by atoms with Crippen molar-refractivity contribution in [2.45, 2.75) is 199 Å². The summed E-state index contributed by atoms with van der Waals surface area (Å²) < 4.78 is 0. The molecule has 0 aliphatic carbocycles. The van der Waals surface area contributed by atoms with Crippen LogP contribution in [0.1, 0.15) is 187 Å². The number of hydrogen-bond donors (Lipinski definition) is 3. The van der Waals surface area contributed by atoms with Crippen molar-refractivity contribution in [3.8, 4) is 0 Å². The molecule has 43 heavy (non-hydrogen) atoms. The average Bonchev–Trinajstić information content (AvgIpc) is 3.01. The number of carbonyl (C=O) groups excluding carboxylic acids is 1. The fourth-order valence-electron chi connectivity index (χ4n) is 5.42. The van der Waals surface area contributed by atoms with E-state index < -0.39 is 12.1 Å². The maximum atomic E-state index is 12.3. The van der Waals surface area contributed by atoms with Gasteiger partial charge in [0.25, 0.3) is 0 Å². The van der Waals surface area contributed by atoms with Gasteiger partial charge in [0.2, 0.25) is 5.91 Å². The Balaban J connectivity index is 3.69. The number of nitrogens with one attached hydrogen (secondary N) is 1. The van der Waals surface area contributed by atoms with E-state index in [2.05, 4.69) is 43.5 Å². The topological polar surface area (TPSA) is 69.6 Å². The summed E-state index contributed by atoms with van der Waals surface area (Å²) in [6.07, 6.45) is 45.1. The third-order valence-corrected chi connectivity index (χ3v) is 8.35. The van der Waals surface area contributed by atoms with Crippen LogP contribution in [0, 0.1) is 0 Å². The van der Waals surface area contributed by atoms with E-state index in [9.17, 15) is 15.0 Å². The van der Waals surface area contributed by atoms with Gasteiger partial charge in [-0.3, -0.25) is 4.79 Å². The van der Waals surface area contributed by atoms with E-state index in [1.807, 2.05) is 6.08 Å². The SMILES string of the molecule is CCCCCCCCC/C=C\CCCCCCCC(=O)NC(CO)C(O)/C=C/CC/C=C/CCCCCCCCCCC. The molecule has 252 valence electrons. The Morgan fingerprint density at radius 2 is 0.907 bits per heavy atom. The molecule has 4 heteroatoms. The van der Waals surface area contributed by atoms with Gasteiger partial charge in [-0.25, -0.2) is 0 Å². The second kappa shape index (κ2) is 35.1. The second-order valence-corrected chi connectivity index (χ2v) is 12.6. The van der Waals surface area contributed by atoms with Crippen molar-refractivity contribution in [1.29, 1.82) is 0 Å². The van der Waals surface area contributed by atoms with Crippen LogP contribution >= 0.6 is 0 Å². The Hall–Kier alpha value is -1.39. The molecule has 0 saturated heterocycles. The van der Waals surface area contributed by atoms with Crippen LogP contribution in [0.3, 0.4) is 0 Å². The van der Waals surface area contributed by atoms with Crippen LogP contribution in [0.15, 0.2) is 36.5 Å². The first kappa shape index (κ1) is 41.6. The lowest BCUT2D eigenvalue weighted by Crippen LogP contribution is -2.45. The number of carbonyl (C=O) groups is 1. The van der Waals surface area contributed by atoms with Gasteiger partial charge in [0.1, 0.15) is 0 Å². The van der Waals surface area contributed by atoms with Gasteiger partial charge >= 0.3 is 0 Å². The minimum Gasteiger partial charge on any atom is -0.394 e. The van der Waals surface area contributed by atoms with Crippen molar-refractivity contribution >= 4 is 5.91 Å². The van der Waals surface area contributed by atoms with Crippen LogP contribution in [0.25, 0.3) is 0 Å². The molecule has 0 aromatic rings. The van der Waals surface area contributed by atoms with Crippen LogP contribution in [0.5, 0.6) is 0 Å². The first-order valence-electron chi connectivity index (χ1n) is 18.7. The summed E-state index contributed by atoms with van der Waals surface area (Å²) in [6, 6.07) is -0.640. The van der Waals surface area contributed by atoms with Crippen molar-refractivity contribution in [2.24, 2.45) is 0 Å². The fraction of sp³-hybridized carbons (Fsp3) is 0.821. The molecule has 3 N–H and O–H groups in total. The van der Waals surface area contributed by atoms with Gasteiger partial charge < -0.3 is 15.5 Å². The highest BCUT2D eigenvalue weighted by Gasteiger charge is 2.17. The molecule has 0 aliphatic rings. The summed E-state index contributed by atoms with van der Waals surface area (Å²) in [4.78, 5) is 12.3. The molecular weight excluding hydrogens is 530 g/mol. The first-order chi connectivity index (χ1) is 21.2. The number of aliphatic hydroxyl groups is 2. The molecule has 4 nitrogen and oxygen atoms in total. The van der Waals surface area contributed by atoms with Crippen LogP contribution in [-0.2, 0) is 4.79 Å². The standard InChI is InChI=1S/C39H73NO3/c1-3-5-7-9-11-13-15-17-19-21-23-25-27-29-31-33-35-39(43)40-37(36-41)38(42)34-32-30-28-26-24-22-20-18-16-14-12-10-8-6-4-2/h19,21,24,26,32,34,37-38,41-42H,3-18,20,22-23,25,27-31,33,35-36H2,1-2H3,(H,40,43)/b21-19-,26-24+,34-32+. The van der Waals surface area contributed by atoms with Crippen molar-refractivity contribution in [1.82, 2.24) is 5.32 Å². The Bertz CT molecular complexity index is 657. The molecule has 2 unspecified atom stereocenters. The molecule has 0 heterocycles. The van der Waals surface area contributed by atoms with Crippen LogP contribution in [-0.4, -0.2) is 34.9 Å². The van der Waals surface area contributed by atoms with E-state index in [1.54, 1.807) is 6.08 Å². The lowest BCUT2D eigenvalue weighted by Gasteiger charge is -2.19. The van der Waals surface area contributed by atoms with Gasteiger partial charge in [0.15, 0.2) is 0 Å². The minimum atomic E-state index is -0.862. The number of allylic oxidation sites excluding steroid dienone is 5. The zero-order valence-electron chi connectivity index (χ0n) is 28.7. The molecule has 0 fully saturated rings. The number of hydrogen-bond acceptors (Lipinski definition) is 3.